The number of rotatable bonds is 7. The number of benzene rings is 2. The van der Waals surface area contributed by atoms with E-state index in [0.29, 0.717) is 0 Å². The third-order valence-corrected chi connectivity index (χ3v) is 6.08. The zero-order valence-corrected chi connectivity index (χ0v) is 15.5. The second kappa shape index (κ2) is 8.16. The molecule has 2 aromatic rings. The minimum Gasteiger partial charge on any atom is -0.497 e. The van der Waals surface area contributed by atoms with Crippen molar-refractivity contribution in [3.05, 3.63) is 59.9 Å². The Bertz CT molecular complexity index is 834. The van der Waals surface area contributed by atoms with E-state index in [0.717, 1.165) is 43.3 Å². The lowest BCUT2D eigenvalue weighted by molar-refractivity contribution is 0.246. The molecule has 2 aromatic carbocycles. The van der Waals surface area contributed by atoms with Gasteiger partial charge < -0.3 is 4.74 Å². The molecule has 0 spiro atoms. The zero-order valence-electron chi connectivity index (χ0n) is 14.7. The van der Waals surface area contributed by atoms with Crippen LogP contribution in [0, 0.1) is 5.82 Å². The maximum absolute atomic E-state index is 13.4. The Balaban J connectivity index is 1.79. The van der Waals surface area contributed by atoms with Crippen LogP contribution in [-0.4, -0.2) is 40.1 Å². The van der Waals surface area contributed by atoms with Gasteiger partial charge in [-0.3, -0.25) is 4.90 Å². The molecule has 1 aliphatic heterocycles. The average molecular weight is 378 g/mol. The first-order valence-electron chi connectivity index (χ1n) is 8.63. The molecule has 26 heavy (non-hydrogen) atoms. The molecule has 1 aliphatic rings. The van der Waals surface area contributed by atoms with E-state index in [1.54, 1.807) is 7.11 Å². The minimum atomic E-state index is -3.77. The van der Waals surface area contributed by atoms with Gasteiger partial charge in [0.25, 0.3) is 0 Å². The molecule has 1 atom stereocenters. The van der Waals surface area contributed by atoms with Gasteiger partial charge in [0, 0.05) is 12.6 Å². The van der Waals surface area contributed by atoms with Crippen molar-refractivity contribution in [1.82, 2.24) is 9.62 Å². The van der Waals surface area contributed by atoms with Gasteiger partial charge in [-0.2, -0.15) is 0 Å². The van der Waals surface area contributed by atoms with Crippen LogP contribution < -0.4 is 9.46 Å². The summed E-state index contributed by atoms with van der Waals surface area (Å²) in [6.07, 6.45) is 2.20. The van der Waals surface area contributed by atoms with Gasteiger partial charge in [-0.15, -0.1) is 0 Å². The Kier molecular flexibility index (Phi) is 5.90. The number of methoxy groups -OCH3 is 1. The van der Waals surface area contributed by atoms with Gasteiger partial charge in [0.15, 0.2) is 0 Å². The van der Waals surface area contributed by atoms with E-state index < -0.39 is 15.8 Å². The Labute approximate surface area is 153 Å². The highest BCUT2D eigenvalue weighted by Gasteiger charge is 2.25. The molecule has 1 fully saturated rings. The van der Waals surface area contributed by atoms with E-state index in [1.165, 1.54) is 18.2 Å². The lowest BCUT2D eigenvalue weighted by Gasteiger charge is -2.28. The molecule has 0 saturated carbocycles. The van der Waals surface area contributed by atoms with E-state index in [4.69, 9.17) is 4.74 Å². The molecule has 5 nitrogen and oxygen atoms in total. The van der Waals surface area contributed by atoms with Gasteiger partial charge in [0.05, 0.1) is 12.0 Å². The molecule has 1 saturated heterocycles. The fraction of sp³-hybridized carbons (Fsp3) is 0.368. The van der Waals surface area contributed by atoms with Gasteiger partial charge in [-0.05, 0) is 61.8 Å². The highest BCUT2D eigenvalue weighted by molar-refractivity contribution is 7.89. The number of ether oxygens (including phenoxy) is 1. The molecule has 7 heteroatoms. The zero-order chi connectivity index (χ0) is 18.6. The summed E-state index contributed by atoms with van der Waals surface area (Å²) in [5.41, 5.74) is 1.02. The van der Waals surface area contributed by atoms with Crippen LogP contribution in [0.4, 0.5) is 4.39 Å². The van der Waals surface area contributed by atoms with Gasteiger partial charge in [0.1, 0.15) is 11.6 Å². The van der Waals surface area contributed by atoms with Gasteiger partial charge in [-0.1, -0.05) is 18.2 Å². The van der Waals surface area contributed by atoms with Crippen LogP contribution in [0.3, 0.4) is 0 Å². The number of nitrogens with one attached hydrogen (secondary N) is 1. The van der Waals surface area contributed by atoms with Crippen LogP contribution in [0.1, 0.15) is 24.4 Å². The monoisotopic (exact) mass is 378 g/mol. The summed E-state index contributed by atoms with van der Waals surface area (Å²) in [5.74, 6) is 0.188. The van der Waals surface area contributed by atoms with Crippen molar-refractivity contribution < 1.29 is 17.5 Å². The first-order valence-corrected chi connectivity index (χ1v) is 10.1. The molecule has 0 aliphatic carbocycles. The first kappa shape index (κ1) is 18.8. The smallest absolute Gasteiger partial charge is 0.240 e. The van der Waals surface area contributed by atoms with Gasteiger partial charge in [0.2, 0.25) is 10.0 Å². The molecular weight excluding hydrogens is 355 g/mol. The van der Waals surface area contributed by atoms with Gasteiger partial charge >= 0.3 is 0 Å². The minimum absolute atomic E-state index is 0.0626. The first-order chi connectivity index (χ1) is 12.5. The van der Waals surface area contributed by atoms with Crippen molar-refractivity contribution in [3.8, 4) is 5.75 Å². The summed E-state index contributed by atoms with van der Waals surface area (Å²) in [6, 6.07) is 12.6. The predicted molar refractivity (Wildman–Crippen MR) is 98.1 cm³/mol. The Hall–Kier alpha value is -1.96. The Morgan fingerprint density at radius 1 is 1.15 bits per heavy atom. The maximum atomic E-state index is 13.4. The molecule has 1 heterocycles. The van der Waals surface area contributed by atoms with E-state index in [-0.39, 0.29) is 17.5 Å². The second-order valence-corrected chi connectivity index (χ2v) is 8.11. The van der Waals surface area contributed by atoms with Crippen LogP contribution in [-0.2, 0) is 10.0 Å². The topological polar surface area (TPSA) is 58.6 Å². The fourth-order valence-electron chi connectivity index (χ4n) is 3.24. The molecule has 1 N–H and O–H groups in total. The fourth-order valence-corrected chi connectivity index (χ4v) is 4.31. The summed E-state index contributed by atoms with van der Waals surface area (Å²) in [5, 5.41) is 0. The van der Waals surface area contributed by atoms with Crippen molar-refractivity contribution in [3.63, 3.8) is 0 Å². The van der Waals surface area contributed by atoms with Crippen molar-refractivity contribution in [1.29, 1.82) is 0 Å². The number of hydrogen-bond acceptors (Lipinski definition) is 4. The molecule has 3 rings (SSSR count). The quantitative estimate of drug-likeness (QED) is 0.805. The van der Waals surface area contributed by atoms with Crippen molar-refractivity contribution in [2.45, 2.75) is 23.8 Å². The molecule has 0 radical (unpaired) electrons. The summed E-state index contributed by atoms with van der Waals surface area (Å²) >= 11 is 0. The number of hydrogen-bond donors (Lipinski definition) is 1. The summed E-state index contributed by atoms with van der Waals surface area (Å²) in [7, 11) is -2.16. The van der Waals surface area contributed by atoms with E-state index >= 15 is 0 Å². The van der Waals surface area contributed by atoms with Crippen LogP contribution in [0.2, 0.25) is 0 Å². The molecule has 0 unspecified atom stereocenters. The lowest BCUT2D eigenvalue weighted by atomic mass is 10.1. The average Bonchev–Trinajstić information content (AvgIpc) is 3.17. The van der Waals surface area contributed by atoms with Crippen LogP contribution in [0.25, 0.3) is 0 Å². The third-order valence-electron chi connectivity index (χ3n) is 4.66. The van der Waals surface area contributed by atoms with Crippen molar-refractivity contribution in [2.24, 2.45) is 0 Å². The van der Waals surface area contributed by atoms with E-state index in [1.807, 2.05) is 24.3 Å². The highest BCUT2D eigenvalue weighted by Crippen LogP contribution is 2.26. The summed E-state index contributed by atoms with van der Waals surface area (Å²) < 4.78 is 46.2. The normalized spacial score (nSPS) is 16.5. The highest BCUT2D eigenvalue weighted by atomic mass is 32.2. The van der Waals surface area contributed by atoms with Crippen LogP contribution in [0.5, 0.6) is 5.75 Å². The standard InChI is InChI=1S/C19H23FN2O3S/c1-25-17-9-7-15(8-10-17)19(22-11-2-3-12-22)14-21-26(23,24)18-6-4-5-16(20)13-18/h4-10,13,19,21H,2-3,11-12,14H2,1H3/t19-/m0/s1. The van der Waals surface area contributed by atoms with Crippen LogP contribution >= 0.6 is 0 Å². The van der Waals surface area contributed by atoms with Crippen molar-refractivity contribution >= 4 is 10.0 Å². The van der Waals surface area contributed by atoms with Gasteiger partial charge in [-0.25, -0.2) is 17.5 Å². The lowest BCUT2D eigenvalue weighted by Crippen LogP contribution is -2.36. The summed E-state index contributed by atoms with van der Waals surface area (Å²) in [4.78, 5) is 2.21. The molecular formula is C19H23FN2O3S. The Morgan fingerprint density at radius 3 is 2.46 bits per heavy atom. The summed E-state index contributed by atoms with van der Waals surface area (Å²) in [6.45, 7) is 2.09. The van der Waals surface area contributed by atoms with Crippen LogP contribution in [0.15, 0.2) is 53.4 Å². The maximum Gasteiger partial charge on any atom is 0.240 e. The molecule has 0 bridgehead atoms. The second-order valence-electron chi connectivity index (χ2n) is 6.34. The number of sulfonamides is 1. The number of likely N-dealkylation sites (tertiary alicyclic amines) is 1. The molecule has 140 valence electrons. The van der Waals surface area contributed by atoms with E-state index in [9.17, 15) is 12.8 Å². The predicted octanol–water partition coefficient (Wildman–Crippen LogP) is 2.95. The number of nitrogens with zero attached hydrogens (tertiary/aromatic N) is 1. The molecule has 0 aromatic heterocycles. The van der Waals surface area contributed by atoms with Crippen molar-refractivity contribution in [2.75, 3.05) is 26.7 Å². The molecule has 0 amide bonds. The SMILES string of the molecule is COc1ccc([C@H](CNS(=O)(=O)c2cccc(F)c2)N2CCCC2)cc1. The largest absolute Gasteiger partial charge is 0.497 e. The Morgan fingerprint density at radius 2 is 1.85 bits per heavy atom. The van der Waals surface area contributed by atoms with E-state index in [2.05, 4.69) is 9.62 Å². The third kappa shape index (κ3) is 4.41. The number of halogens is 1.